The van der Waals surface area contributed by atoms with Gasteiger partial charge in [0.25, 0.3) is 0 Å². The lowest BCUT2D eigenvalue weighted by Gasteiger charge is -2.24. The molecule has 1 aliphatic heterocycles. The number of aromatic nitrogens is 4. The van der Waals surface area contributed by atoms with Crippen LogP contribution < -0.4 is 5.32 Å². The lowest BCUT2D eigenvalue weighted by molar-refractivity contribution is -0.121. The minimum absolute atomic E-state index is 0.0963. The number of pyridine rings is 1. The van der Waals surface area contributed by atoms with Crippen molar-refractivity contribution >= 4 is 5.91 Å². The standard InChI is InChI=1S/C20H20FN5O2/c1-13-3-2-4-14(7-13)20-18-12-28-17(11-26(18)25-24-20)10-23-19(27)8-16-6-5-15(21)9-22-16/h2-7,9,17H,8,10-12H2,1H3,(H,23,27)/t17-/m1/s1. The summed E-state index contributed by atoms with van der Waals surface area (Å²) in [4.78, 5) is 16.0. The number of ether oxygens (including phenoxy) is 1. The fourth-order valence-electron chi connectivity index (χ4n) is 3.17. The van der Waals surface area contributed by atoms with E-state index in [0.29, 0.717) is 25.4 Å². The SMILES string of the molecule is Cc1cccc(-c2nnn3c2CO[C@H](CNC(=O)Cc2ccc(F)cn2)C3)c1. The van der Waals surface area contributed by atoms with Gasteiger partial charge in [0.1, 0.15) is 11.5 Å². The van der Waals surface area contributed by atoms with Crippen molar-refractivity contribution in [2.45, 2.75) is 32.6 Å². The molecule has 0 radical (unpaired) electrons. The van der Waals surface area contributed by atoms with Crippen LogP contribution in [0.25, 0.3) is 11.3 Å². The Labute approximate surface area is 161 Å². The summed E-state index contributed by atoms with van der Waals surface area (Å²) in [6.45, 7) is 3.30. The number of amides is 1. The number of aryl methyl sites for hydroxylation is 1. The number of hydrogen-bond acceptors (Lipinski definition) is 5. The smallest absolute Gasteiger partial charge is 0.226 e. The maximum atomic E-state index is 12.9. The second kappa shape index (κ2) is 7.85. The Morgan fingerprint density at radius 3 is 3.04 bits per heavy atom. The van der Waals surface area contributed by atoms with Crippen molar-refractivity contribution in [1.29, 1.82) is 0 Å². The summed E-state index contributed by atoms with van der Waals surface area (Å²) < 4.78 is 20.6. The van der Waals surface area contributed by atoms with E-state index < -0.39 is 5.82 Å². The summed E-state index contributed by atoms with van der Waals surface area (Å²) in [5.41, 5.74) is 4.46. The molecule has 3 heterocycles. The van der Waals surface area contributed by atoms with E-state index in [1.807, 2.05) is 29.8 Å². The predicted molar refractivity (Wildman–Crippen MR) is 99.7 cm³/mol. The average molecular weight is 381 g/mol. The molecular formula is C20H20FN5O2. The van der Waals surface area contributed by atoms with E-state index in [9.17, 15) is 9.18 Å². The van der Waals surface area contributed by atoms with Crippen LogP contribution in [-0.4, -0.2) is 38.5 Å². The second-order valence-electron chi connectivity index (χ2n) is 6.82. The third-order valence-electron chi connectivity index (χ3n) is 4.62. The third kappa shape index (κ3) is 4.07. The first-order valence-electron chi connectivity index (χ1n) is 9.06. The van der Waals surface area contributed by atoms with Crippen molar-refractivity contribution in [3.05, 3.63) is 65.4 Å². The van der Waals surface area contributed by atoms with Crippen molar-refractivity contribution in [3.8, 4) is 11.3 Å². The van der Waals surface area contributed by atoms with Gasteiger partial charge in [0.2, 0.25) is 5.91 Å². The van der Waals surface area contributed by atoms with E-state index in [1.54, 1.807) is 0 Å². The molecule has 0 saturated heterocycles. The molecule has 0 bridgehead atoms. The summed E-state index contributed by atoms with van der Waals surface area (Å²) >= 11 is 0. The fourth-order valence-corrected chi connectivity index (χ4v) is 3.17. The Morgan fingerprint density at radius 2 is 2.25 bits per heavy atom. The molecule has 1 N–H and O–H groups in total. The van der Waals surface area contributed by atoms with Crippen molar-refractivity contribution in [2.24, 2.45) is 0 Å². The number of halogens is 1. The van der Waals surface area contributed by atoms with Crippen LogP contribution >= 0.6 is 0 Å². The fraction of sp³-hybridized carbons (Fsp3) is 0.300. The lowest BCUT2D eigenvalue weighted by atomic mass is 10.1. The number of carbonyl (C=O) groups excluding carboxylic acids is 1. The van der Waals surface area contributed by atoms with Gasteiger partial charge >= 0.3 is 0 Å². The maximum Gasteiger partial charge on any atom is 0.226 e. The van der Waals surface area contributed by atoms with E-state index in [4.69, 9.17) is 4.74 Å². The van der Waals surface area contributed by atoms with Crippen molar-refractivity contribution in [1.82, 2.24) is 25.3 Å². The molecule has 4 rings (SSSR count). The number of benzene rings is 1. The second-order valence-corrected chi connectivity index (χ2v) is 6.82. The molecular weight excluding hydrogens is 361 g/mol. The number of carbonyl (C=O) groups is 1. The largest absolute Gasteiger partial charge is 0.368 e. The molecule has 1 aromatic carbocycles. The first-order chi connectivity index (χ1) is 13.6. The first kappa shape index (κ1) is 18.2. The normalized spacial score (nSPS) is 15.9. The molecule has 8 heteroatoms. The van der Waals surface area contributed by atoms with Gasteiger partial charge in [-0.15, -0.1) is 5.10 Å². The molecule has 0 spiro atoms. The van der Waals surface area contributed by atoms with E-state index >= 15 is 0 Å². The highest BCUT2D eigenvalue weighted by molar-refractivity contribution is 5.78. The highest BCUT2D eigenvalue weighted by Gasteiger charge is 2.24. The topological polar surface area (TPSA) is 81.9 Å². The highest BCUT2D eigenvalue weighted by atomic mass is 19.1. The van der Waals surface area contributed by atoms with Gasteiger partial charge in [-0.1, -0.05) is 29.0 Å². The summed E-state index contributed by atoms with van der Waals surface area (Å²) in [7, 11) is 0. The molecule has 2 aromatic heterocycles. The molecule has 28 heavy (non-hydrogen) atoms. The molecule has 1 aliphatic rings. The van der Waals surface area contributed by atoms with Gasteiger partial charge in [0.05, 0.1) is 37.6 Å². The van der Waals surface area contributed by atoms with E-state index in [1.165, 1.54) is 12.1 Å². The number of nitrogens with one attached hydrogen (secondary N) is 1. The lowest BCUT2D eigenvalue weighted by Crippen LogP contribution is -2.39. The molecule has 1 amide bonds. The van der Waals surface area contributed by atoms with Gasteiger partial charge < -0.3 is 10.1 Å². The molecule has 3 aromatic rings. The van der Waals surface area contributed by atoms with Gasteiger partial charge in [-0.25, -0.2) is 9.07 Å². The quantitative estimate of drug-likeness (QED) is 0.731. The zero-order valence-corrected chi connectivity index (χ0v) is 15.4. The molecule has 0 fully saturated rings. The zero-order chi connectivity index (χ0) is 19.5. The Morgan fingerprint density at radius 1 is 1.36 bits per heavy atom. The minimum Gasteiger partial charge on any atom is -0.368 e. The van der Waals surface area contributed by atoms with Crippen LogP contribution in [0.2, 0.25) is 0 Å². The number of nitrogens with zero attached hydrogens (tertiary/aromatic N) is 4. The van der Waals surface area contributed by atoms with Gasteiger partial charge in [-0.2, -0.15) is 0 Å². The van der Waals surface area contributed by atoms with Crippen molar-refractivity contribution in [3.63, 3.8) is 0 Å². The number of hydrogen-bond donors (Lipinski definition) is 1. The third-order valence-corrected chi connectivity index (χ3v) is 4.62. The zero-order valence-electron chi connectivity index (χ0n) is 15.4. The highest BCUT2D eigenvalue weighted by Crippen LogP contribution is 2.25. The Hall–Kier alpha value is -3.13. The van der Waals surface area contributed by atoms with Crippen LogP contribution in [0.1, 0.15) is 17.0 Å². The Kier molecular flexibility index (Phi) is 5.12. The van der Waals surface area contributed by atoms with Gasteiger partial charge in [0, 0.05) is 17.8 Å². The average Bonchev–Trinajstić information content (AvgIpc) is 3.11. The van der Waals surface area contributed by atoms with Crippen LogP contribution in [0.4, 0.5) is 4.39 Å². The van der Waals surface area contributed by atoms with Crippen LogP contribution in [0.5, 0.6) is 0 Å². The van der Waals surface area contributed by atoms with Crippen LogP contribution in [0.3, 0.4) is 0 Å². The van der Waals surface area contributed by atoms with Crippen molar-refractivity contribution in [2.75, 3.05) is 6.54 Å². The predicted octanol–water partition coefficient (Wildman–Crippen LogP) is 2.05. The van der Waals surface area contributed by atoms with E-state index in [0.717, 1.165) is 28.7 Å². The molecule has 1 atom stereocenters. The molecule has 0 saturated carbocycles. The van der Waals surface area contributed by atoms with Gasteiger partial charge in [-0.05, 0) is 25.1 Å². The molecule has 0 unspecified atom stereocenters. The molecule has 144 valence electrons. The number of fused-ring (bicyclic) bond motifs is 1. The van der Waals surface area contributed by atoms with E-state index in [2.05, 4.69) is 26.7 Å². The van der Waals surface area contributed by atoms with Crippen molar-refractivity contribution < 1.29 is 13.9 Å². The van der Waals surface area contributed by atoms with E-state index in [-0.39, 0.29) is 18.4 Å². The first-order valence-corrected chi connectivity index (χ1v) is 9.06. The summed E-state index contributed by atoms with van der Waals surface area (Å²) in [6.07, 6.45) is 1.01. The Balaban J connectivity index is 1.34. The summed E-state index contributed by atoms with van der Waals surface area (Å²) in [6, 6.07) is 10.9. The minimum atomic E-state index is -0.423. The maximum absolute atomic E-state index is 12.9. The Bertz CT molecular complexity index is 987. The summed E-state index contributed by atoms with van der Waals surface area (Å²) in [5, 5.41) is 11.4. The summed E-state index contributed by atoms with van der Waals surface area (Å²) in [5.74, 6) is -0.610. The monoisotopic (exact) mass is 381 g/mol. The van der Waals surface area contributed by atoms with Crippen LogP contribution in [0.15, 0.2) is 42.6 Å². The van der Waals surface area contributed by atoms with Gasteiger partial charge in [-0.3, -0.25) is 9.78 Å². The number of rotatable bonds is 5. The van der Waals surface area contributed by atoms with Gasteiger partial charge in [0.15, 0.2) is 0 Å². The van der Waals surface area contributed by atoms with Crippen LogP contribution in [0, 0.1) is 12.7 Å². The van der Waals surface area contributed by atoms with Crippen LogP contribution in [-0.2, 0) is 29.1 Å². The molecule has 0 aliphatic carbocycles. The molecule has 7 nitrogen and oxygen atoms in total.